The highest BCUT2D eigenvalue weighted by Crippen LogP contribution is 2.04. The van der Waals surface area contributed by atoms with Gasteiger partial charge in [0.05, 0.1) is 0 Å². The van der Waals surface area contributed by atoms with Crippen molar-refractivity contribution in [2.24, 2.45) is 5.92 Å². The van der Waals surface area contributed by atoms with Crippen LogP contribution in [0.5, 0.6) is 0 Å². The lowest BCUT2D eigenvalue weighted by atomic mass is 10.1. The Morgan fingerprint density at radius 3 is 2.20 bits per heavy atom. The fraction of sp³-hybridized carbons (Fsp3) is 0.800. The maximum Gasteiger partial charge on any atom is -0.0348 e. The highest BCUT2D eigenvalue weighted by Gasteiger charge is 1.88. The molecule has 0 atom stereocenters. The molecule has 0 aliphatic carbocycles. The predicted octanol–water partition coefficient (Wildman–Crippen LogP) is 3.78. The van der Waals surface area contributed by atoms with E-state index < -0.39 is 0 Å². The first-order chi connectivity index (χ1) is 4.77. The summed E-state index contributed by atoms with van der Waals surface area (Å²) in [5.74, 6) is 0.853. The minimum Gasteiger partial charge on any atom is -0.0885 e. The van der Waals surface area contributed by atoms with E-state index in [0.717, 1.165) is 5.92 Å². The van der Waals surface area contributed by atoms with Crippen molar-refractivity contribution < 1.29 is 0 Å². The van der Waals surface area contributed by atoms with Gasteiger partial charge in [-0.3, -0.25) is 0 Å². The molecule has 0 heterocycles. The summed E-state index contributed by atoms with van der Waals surface area (Å²) in [6.07, 6.45) is 9.72. The molecular formula is C10H20. The summed E-state index contributed by atoms with van der Waals surface area (Å²) in [6, 6.07) is 0. The number of unbranched alkanes of at least 4 members (excludes halogenated alkanes) is 1. The van der Waals surface area contributed by atoms with Crippen molar-refractivity contribution in [3.8, 4) is 0 Å². The zero-order valence-electron chi connectivity index (χ0n) is 7.56. The fourth-order valence-electron chi connectivity index (χ4n) is 0.832. The van der Waals surface area contributed by atoms with E-state index in [1.165, 1.54) is 25.7 Å². The molecule has 0 aromatic heterocycles. The van der Waals surface area contributed by atoms with Crippen LogP contribution in [0.15, 0.2) is 12.2 Å². The molecular weight excluding hydrogens is 120 g/mol. The van der Waals surface area contributed by atoms with E-state index >= 15 is 0 Å². The molecule has 0 nitrogen and oxygen atoms in total. The van der Waals surface area contributed by atoms with Crippen molar-refractivity contribution in [2.75, 3.05) is 0 Å². The monoisotopic (exact) mass is 140 g/mol. The van der Waals surface area contributed by atoms with Crippen LogP contribution in [0.2, 0.25) is 0 Å². The van der Waals surface area contributed by atoms with Crippen LogP contribution in [-0.4, -0.2) is 0 Å². The molecule has 60 valence electrons. The molecule has 0 bridgehead atoms. The number of rotatable bonds is 5. The second-order valence-electron chi connectivity index (χ2n) is 3.23. The van der Waals surface area contributed by atoms with E-state index in [9.17, 15) is 0 Å². The molecule has 0 radical (unpaired) electrons. The molecule has 0 aliphatic rings. The molecule has 0 N–H and O–H groups in total. The minimum absolute atomic E-state index is 0.853. The number of allylic oxidation sites excluding steroid dienone is 2. The molecule has 0 aromatic carbocycles. The zero-order valence-corrected chi connectivity index (χ0v) is 7.56. The van der Waals surface area contributed by atoms with Gasteiger partial charge in [0.25, 0.3) is 0 Å². The third kappa shape index (κ3) is 7.74. The molecule has 0 saturated heterocycles. The number of hydrogen-bond acceptors (Lipinski definition) is 0. The van der Waals surface area contributed by atoms with Gasteiger partial charge in [-0.25, -0.2) is 0 Å². The van der Waals surface area contributed by atoms with E-state index in [1.807, 2.05) is 0 Å². The maximum absolute atomic E-state index is 2.31. The Labute approximate surface area is 65.3 Å². The van der Waals surface area contributed by atoms with Crippen LogP contribution in [0.3, 0.4) is 0 Å². The van der Waals surface area contributed by atoms with Gasteiger partial charge in [0, 0.05) is 0 Å². The first-order valence-corrected chi connectivity index (χ1v) is 4.42. The molecule has 0 amide bonds. The van der Waals surface area contributed by atoms with Crippen molar-refractivity contribution in [3.63, 3.8) is 0 Å². The Bertz CT molecular complexity index is 80.0. The second kappa shape index (κ2) is 6.85. The minimum atomic E-state index is 0.853. The molecule has 0 fully saturated rings. The highest BCUT2D eigenvalue weighted by molar-refractivity contribution is 4.80. The van der Waals surface area contributed by atoms with Crippen molar-refractivity contribution >= 4 is 0 Å². The molecule has 0 aliphatic heterocycles. The summed E-state index contributed by atoms with van der Waals surface area (Å²) in [7, 11) is 0. The average Bonchev–Trinajstić information content (AvgIpc) is 1.87. The van der Waals surface area contributed by atoms with Crippen LogP contribution in [0, 0.1) is 5.92 Å². The first kappa shape index (κ1) is 9.74. The lowest BCUT2D eigenvalue weighted by Gasteiger charge is -1.98. The smallest absolute Gasteiger partial charge is 0.0348 e. The lowest BCUT2D eigenvalue weighted by molar-refractivity contribution is 0.594. The molecule has 0 rings (SSSR count). The highest BCUT2D eigenvalue weighted by atomic mass is 13.9. The van der Waals surface area contributed by atoms with Crippen LogP contribution in [0.1, 0.15) is 46.5 Å². The average molecular weight is 140 g/mol. The molecule has 0 spiro atoms. The standard InChI is InChI=1S/C10H20/c1-4-5-6-7-8-9-10(2)3/h6-7,10H,4-5,8-9H2,1-3H3/b7-6+. The van der Waals surface area contributed by atoms with Crippen LogP contribution in [-0.2, 0) is 0 Å². The van der Waals surface area contributed by atoms with Gasteiger partial charge in [0.1, 0.15) is 0 Å². The van der Waals surface area contributed by atoms with Crippen LogP contribution in [0.25, 0.3) is 0 Å². The van der Waals surface area contributed by atoms with Gasteiger partial charge >= 0.3 is 0 Å². The van der Waals surface area contributed by atoms with Crippen molar-refractivity contribution in [1.82, 2.24) is 0 Å². The van der Waals surface area contributed by atoms with Crippen molar-refractivity contribution in [3.05, 3.63) is 12.2 Å². The van der Waals surface area contributed by atoms with Crippen LogP contribution in [0.4, 0.5) is 0 Å². The van der Waals surface area contributed by atoms with E-state index in [2.05, 4.69) is 32.9 Å². The topological polar surface area (TPSA) is 0 Å². The predicted molar refractivity (Wildman–Crippen MR) is 48.1 cm³/mol. The van der Waals surface area contributed by atoms with Crippen molar-refractivity contribution in [2.45, 2.75) is 46.5 Å². The molecule has 0 heteroatoms. The summed E-state index contributed by atoms with van der Waals surface area (Å²) in [5.41, 5.74) is 0. The SMILES string of the molecule is CCC/C=C/CCC(C)C. The Kier molecular flexibility index (Phi) is 6.68. The van der Waals surface area contributed by atoms with Gasteiger partial charge in [-0.05, 0) is 25.2 Å². The summed E-state index contributed by atoms with van der Waals surface area (Å²) >= 11 is 0. The zero-order chi connectivity index (χ0) is 7.82. The normalized spacial score (nSPS) is 11.6. The molecule has 0 saturated carbocycles. The summed E-state index contributed by atoms with van der Waals surface area (Å²) in [5, 5.41) is 0. The van der Waals surface area contributed by atoms with Crippen molar-refractivity contribution in [1.29, 1.82) is 0 Å². The van der Waals surface area contributed by atoms with Crippen LogP contribution >= 0.6 is 0 Å². The third-order valence-electron chi connectivity index (χ3n) is 1.53. The largest absolute Gasteiger partial charge is 0.0885 e. The Morgan fingerprint density at radius 2 is 1.70 bits per heavy atom. The third-order valence-corrected chi connectivity index (χ3v) is 1.53. The van der Waals surface area contributed by atoms with Gasteiger partial charge in [-0.2, -0.15) is 0 Å². The van der Waals surface area contributed by atoms with Crippen LogP contribution < -0.4 is 0 Å². The Hall–Kier alpha value is -0.260. The summed E-state index contributed by atoms with van der Waals surface area (Å²) < 4.78 is 0. The lowest BCUT2D eigenvalue weighted by Crippen LogP contribution is -1.83. The first-order valence-electron chi connectivity index (χ1n) is 4.42. The van der Waals surface area contributed by atoms with E-state index in [-0.39, 0.29) is 0 Å². The fourth-order valence-corrected chi connectivity index (χ4v) is 0.832. The van der Waals surface area contributed by atoms with Gasteiger partial charge in [0.15, 0.2) is 0 Å². The van der Waals surface area contributed by atoms with Gasteiger partial charge in [-0.15, -0.1) is 0 Å². The summed E-state index contributed by atoms with van der Waals surface area (Å²) in [4.78, 5) is 0. The Balaban J connectivity index is 3.02. The summed E-state index contributed by atoms with van der Waals surface area (Å²) in [6.45, 7) is 6.76. The Morgan fingerprint density at radius 1 is 1.10 bits per heavy atom. The molecule has 10 heavy (non-hydrogen) atoms. The van der Waals surface area contributed by atoms with E-state index in [4.69, 9.17) is 0 Å². The molecule has 0 aromatic rings. The maximum atomic E-state index is 2.31. The van der Waals surface area contributed by atoms with Gasteiger partial charge in [0.2, 0.25) is 0 Å². The van der Waals surface area contributed by atoms with E-state index in [1.54, 1.807) is 0 Å². The quantitative estimate of drug-likeness (QED) is 0.510. The van der Waals surface area contributed by atoms with Gasteiger partial charge in [-0.1, -0.05) is 39.3 Å². The number of hydrogen-bond donors (Lipinski definition) is 0. The second-order valence-corrected chi connectivity index (χ2v) is 3.23. The van der Waals surface area contributed by atoms with E-state index in [0.29, 0.717) is 0 Å². The molecule has 0 unspecified atom stereocenters. The van der Waals surface area contributed by atoms with Gasteiger partial charge < -0.3 is 0 Å².